The molecule has 406 valence electrons. The highest BCUT2D eigenvalue weighted by Gasteiger charge is 2.51. The molecule has 2 aliphatic carbocycles. The molecule has 13 aromatic carbocycles. The summed E-state index contributed by atoms with van der Waals surface area (Å²) in [7, 11) is 0. The van der Waals surface area contributed by atoms with Crippen LogP contribution in [-0.4, -0.2) is 9.13 Å². The van der Waals surface area contributed by atoms with E-state index in [4.69, 9.17) is 0 Å². The number of rotatable bonds is 7. The van der Waals surface area contributed by atoms with Gasteiger partial charge in [0.2, 0.25) is 0 Å². The van der Waals surface area contributed by atoms with Crippen LogP contribution in [-0.2, 0) is 5.41 Å². The van der Waals surface area contributed by atoms with Crippen LogP contribution in [0.15, 0.2) is 291 Å². The number of hydrogen-bond donors (Lipinski definition) is 0. The number of aryl methyl sites for hydroxylation is 1. The number of fused-ring (bicyclic) bond motifs is 17. The Morgan fingerprint density at radius 2 is 0.729 bits per heavy atom. The van der Waals surface area contributed by atoms with Crippen molar-refractivity contribution in [1.29, 1.82) is 0 Å². The molecular formula is C82H63N3. The van der Waals surface area contributed by atoms with Crippen molar-refractivity contribution < 1.29 is 0 Å². The monoisotopic (exact) mass is 1090 g/mol. The molecule has 0 unspecified atom stereocenters. The van der Waals surface area contributed by atoms with Crippen LogP contribution >= 0.6 is 0 Å². The zero-order valence-corrected chi connectivity index (χ0v) is 48.6. The molecule has 1 spiro atoms. The van der Waals surface area contributed by atoms with Gasteiger partial charge in [0.1, 0.15) is 0 Å². The molecule has 0 N–H and O–H groups in total. The Bertz CT molecular complexity index is 5030. The summed E-state index contributed by atoms with van der Waals surface area (Å²) < 4.78 is 4.85. The van der Waals surface area contributed by atoms with Crippen molar-refractivity contribution in [3.63, 3.8) is 0 Å². The van der Waals surface area contributed by atoms with Crippen LogP contribution in [0.4, 0.5) is 17.1 Å². The SMILES string of the molecule is CC.CC.Cc1ccc(-c2ccc3c4ccccc4n(-c4ccc5ccccc5c4)c3c2)cc1-c1ccc(N(c2ccc3c(c2)-c2ccccc2C32c3ccccc3-c3ccccc32)c2ccc3c4ccccc4n(-c4ccccc4)c3c2)cc1. The van der Waals surface area contributed by atoms with Gasteiger partial charge in [0.15, 0.2) is 0 Å². The minimum Gasteiger partial charge on any atom is -0.310 e. The average Bonchev–Trinajstić information content (AvgIpc) is 1.54. The van der Waals surface area contributed by atoms with Gasteiger partial charge in [-0.05, 0) is 175 Å². The first-order valence-corrected chi connectivity index (χ1v) is 30.1. The number of anilines is 3. The molecule has 0 radical (unpaired) electrons. The molecule has 3 nitrogen and oxygen atoms in total. The van der Waals surface area contributed by atoms with Crippen LogP contribution < -0.4 is 4.90 Å². The predicted molar refractivity (Wildman–Crippen MR) is 362 cm³/mol. The number of nitrogens with zero attached hydrogens (tertiary/aromatic N) is 3. The Morgan fingerprint density at radius 3 is 1.40 bits per heavy atom. The molecule has 3 heteroatoms. The molecule has 0 fully saturated rings. The first-order valence-electron chi connectivity index (χ1n) is 30.1. The fourth-order valence-corrected chi connectivity index (χ4v) is 14.3. The van der Waals surface area contributed by atoms with Gasteiger partial charge in [-0.2, -0.15) is 0 Å². The number of hydrogen-bond acceptors (Lipinski definition) is 1. The fourth-order valence-electron chi connectivity index (χ4n) is 14.3. The molecule has 0 saturated heterocycles. The minimum absolute atomic E-state index is 0.423. The number of aromatic nitrogens is 2. The maximum atomic E-state index is 2.47. The molecule has 2 aliphatic rings. The van der Waals surface area contributed by atoms with Gasteiger partial charge < -0.3 is 14.0 Å². The topological polar surface area (TPSA) is 13.1 Å². The molecule has 0 bridgehead atoms. The Kier molecular flexibility index (Phi) is 12.5. The van der Waals surface area contributed by atoms with Gasteiger partial charge in [0.25, 0.3) is 0 Å². The van der Waals surface area contributed by atoms with Crippen LogP contribution in [0.1, 0.15) is 55.5 Å². The third-order valence-electron chi connectivity index (χ3n) is 17.8. The first-order chi connectivity index (χ1) is 42.1. The van der Waals surface area contributed by atoms with Gasteiger partial charge in [0, 0.05) is 50.0 Å². The molecule has 2 heterocycles. The lowest BCUT2D eigenvalue weighted by atomic mass is 9.70. The number of benzene rings is 13. The minimum atomic E-state index is -0.423. The zero-order chi connectivity index (χ0) is 57.3. The summed E-state index contributed by atoms with van der Waals surface area (Å²) in [5.41, 5.74) is 26.4. The van der Waals surface area contributed by atoms with Gasteiger partial charge in [-0.15, -0.1) is 0 Å². The normalized spacial score (nSPS) is 12.4. The second kappa shape index (κ2) is 20.7. The predicted octanol–water partition coefficient (Wildman–Crippen LogP) is 22.5. The largest absolute Gasteiger partial charge is 0.310 e. The lowest BCUT2D eigenvalue weighted by Crippen LogP contribution is -2.25. The highest BCUT2D eigenvalue weighted by molar-refractivity contribution is 6.12. The Balaban J connectivity index is 0.00000150. The van der Waals surface area contributed by atoms with Crippen LogP contribution in [0.3, 0.4) is 0 Å². The lowest BCUT2D eigenvalue weighted by Gasteiger charge is -2.31. The Morgan fingerprint density at radius 1 is 0.271 bits per heavy atom. The highest BCUT2D eigenvalue weighted by atomic mass is 15.1. The first kappa shape index (κ1) is 51.4. The molecular weight excluding hydrogens is 1030 g/mol. The third kappa shape index (κ3) is 7.88. The van der Waals surface area contributed by atoms with E-state index in [9.17, 15) is 0 Å². The van der Waals surface area contributed by atoms with Gasteiger partial charge in [-0.3, -0.25) is 0 Å². The van der Waals surface area contributed by atoms with Crippen molar-refractivity contribution in [2.75, 3.05) is 4.90 Å². The molecule has 0 saturated carbocycles. The van der Waals surface area contributed by atoms with E-state index in [0.717, 1.165) is 34.0 Å². The van der Waals surface area contributed by atoms with Crippen molar-refractivity contribution in [3.05, 3.63) is 319 Å². The maximum Gasteiger partial charge on any atom is 0.0725 e. The van der Waals surface area contributed by atoms with Crippen molar-refractivity contribution >= 4 is 71.4 Å². The summed E-state index contributed by atoms with van der Waals surface area (Å²) in [5.74, 6) is 0. The van der Waals surface area contributed by atoms with Gasteiger partial charge in [0.05, 0.1) is 27.5 Å². The summed E-state index contributed by atoms with van der Waals surface area (Å²) in [6.07, 6.45) is 0. The van der Waals surface area contributed by atoms with Crippen molar-refractivity contribution in [2.45, 2.75) is 40.0 Å². The van der Waals surface area contributed by atoms with E-state index in [1.807, 2.05) is 27.7 Å². The van der Waals surface area contributed by atoms with Crippen LogP contribution in [0.2, 0.25) is 0 Å². The van der Waals surface area contributed by atoms with Crippen molar-refractivity contribution in [2.24, 2.45) is 0 Å². The molecule has 2 aromatic heterocycles. The van der Waals surface area contributed by atoms with Gasteiger partial charge >= 0.3 is 0 Å². The van der Waals surface area contributed by atoms with Crippen LogP contribution in [0, 0.1) is 6.92 Å². The molecule has 17 rings (SSSR count). The van der Waals surface area contributed by atoms with Gasteiger partial charge in [-0.1, -0.05) is 234 Å². The average molecular weight is 1090 g/mol. The Hall–Kier alpha value is -10.5. The molecule has 0 aliphatic heterocycles. The molecule has 0 amide bonds. The van der Waals surface area contributed by atoms with Crippen LogP contribution in [0.25, 0.3) is 110 Å². The van der Waals surface area contributed by atoms with Gasteiger partial charge in [-0.25, -0.2) is 0 Å². The second-order valence-corrected chi connectivity index (χ2v) is 22.0. The smallest absolute Gasteiger partial charge is 0.0725 e. The second-order valence-electron chi connectivity index (χ2n) is 22.0. The summed E-state index contributed by atoms with van der Waals surface area (Å²) in [5, 5.41) is 7.43. The van der Waals surface area contributed by atoms with Crippen molar-refractivity contribution in [3.8, 4) is 55.9 Å². The highest BCUT2D eigenvalue weighted by Crippen LogP contribution is 2.63. The lowest BCUT2D eigenvalue weighted by molar-refractivity contribution is 0.794. The maximum absolute atomic E-state index is 2.47. The third-order valence-corrected chi connectivity index (χ3v) is 17.8. The Labute approximate surface area is 497 Å². The van der Waals surface area contributed by atoms with E-state index in [1.165, 1.54) is 121 Å². The molecule has 15 aromatic rings. The number of para-hydroxylation sites is 3. The van der Waals surface area contributed by atoms with E-state index in [2.05, 4.69) is 312 Å². The van der Waals surface area contributed by atoms with Crippen molar-refractivity contribution in [1.82, 2.24) is 9.13 Å². The van der Waals surface area contributed by atoms with Crippen LogP contribution in [0.5, 0.6) is 0 Å². The quantitative estimate of drug-likeness (QED) is 0.155. The fraction of sp³-hybridized carbons (Fsp3) is 0.0732. The molecule has 85 heavy (non-hydrogen) atoms. The summed E-state index contributed by atoms with van der Waals surface area (Å²) >= 11 is 0. The molecule has 0 atom stereocenters. The zero-order valence-electron chi connectivity index (χ0n) is 48.6. The van der Waals surface area contributed by atoms with E-state index < -0.39 is 5.41 Å². The van der Waals surface area contributed by atoms with E-state index in [1.54, 1.807) is 0 Å². The standard InChI is InChI=1S/C78H51N3.2C2H6/c1-50-31-32-54(55-36-42-66-64-24-11-16-30-75(64)81(76(66)47-55)58-39-33-51-17-5-6-18-53(51)45-58)46-68(50)52-34-37-57(38-35-52)79(60-40-43-67-65-25-10-15-29-74(65)80(77(67)49-60)56-19-3-2-4-20-56)59-41-44-73-69(48-59)63-23-9-14-28-72(63)78(73)70-26-12-7-21-61(70)62-22-8-13-27-71(62)78;2*1-2/h2-49H,1H3;2*1-2H3. The van der Waals surface area contributed by atoms with E-state index in [0.29, 0.717) is 0 Å². The van der Waals surface area contributed by atoms with E-state index in [-0.39, 0.29) is 0 Å². The summed E-state index contributed by atoms with van der Waals surface area (Å²) in [4.78, 5) is 2.47. The van der Waals surface area contributed by atoms with E-state index >= 15 is 0 Å². The summed E-state index contributed by atoms with van der Waals surface area (Å²) in [6.45, 7) is 10.2. The summed E-state index contributed by atoms with van der Waals surface area (Å²) in [6, 6.07) is 109.